The van der Waals surface area contributed by atoms with Gasteiger partial charge in [-0.3, -0.25) is 4.79 Å². The molecule has 0 aliphatic carbocycles. The molecule has 0 spiro atoms. The number of halogens is 3. The van der Waals surface area contributed by atoms with Gasteiger partial charge in [-0.2, -0.15) is 18.4 Å². The molecule has 2 rings (SSSR count). The van der Waals surface area contributed by atoms with Gasteiger partial charge in [-0.15, -0.1) is 0 Å². The number of carbonyl (C=O) groups is 1. The van der Waals surface area contributed by atoms with Gasteiger partial charge in [0.1, 0.15) is 0 Å². The molecule has 1 atom stereocenters. The maximum atomic E-state index is 13.3. The summed E-state index contributed by atoms with van der Waals surface area (Å²) in [6, 6.07) is 13.9. The summed E-state index contributed by atoms with van der Waals surface area (Å²) in [6.07, 6.45) is -4.98. The highest BCUT2D eigenvalue weighted by atomic mass is 19.4. The molecule has 1 unspecified atom stereocenters. The summed E-state index contributed by atoms with van der Waals surface area (Å²) >= 11 is 0. The van der Waals surface area contributed by atoms with E-state index in [9.17, 15) is 23.1 Å². The Morgan fingerprint density at radius 3 is 2.38 bits per heavy atom. The van der Waals surface area contributed by atoms with Crippen molar-refractivity contribution in [2.24, 2.45) is 0 Å². The molecule has 1 amide bonds. The number of hydrogen-bond acceptors (Lipinski definition) is 3. The number of hydrogen-bond donors (Lipinski definition) is 2. The first-order chi connectivity index (χ1) is 11.3. The van der Waals surface area contributed by atoms with Gasteiger partial charge in [0.15, 0.2) is 0 Å². The van der Waals surface area contributed by atoms with E-state index in [1.807, 2.05) is 6.07 Å². The average Bonchev–Trinajstić information content (AvgIpc) is 2.59. The van der Waals surface area contributed by atoms with Crippen LogP contribution in [-0.2, 0) is 5.60 Å². The van der Waals surface area contributed by atoms with Gasteiger partial charge in [-0.05, 0) is 23.8 Å². The predicted octanol–water partition coefficient (Wildman–Crippen LogP) is 2.74. The van der Waals surface area contributed by atoms with Crippen LogP contribution in [0.15, 0.2) is 54.6 Å². The van der Waals surface area contributed by atoms with Crippen molar-refractivity contribution < 1.29 is 23.1 Å². The van der Waals surface area contributed by atoms with Crippen molar-refractivity contribution in [1.29, 1.82) is 5.26 Å². The van der Waals surface area contributed by atoms with E-state index in [0.29, 0.717) is 0 Å². The number of nitriles is 1. The van der Waals surface area contributed by atoms with Crippen molar-refractivity contribution in [3.63, 3.8) is 0 Å². The first-order valence-corrected chi connectivity index (χ1v) is 6.91. The molecule has 124 valence electrons. The SMILES string of the molecule is N#Cc1cccc(C(=O)NCC(O)(c2ccccc2)C(F)(F)F)c1. The standard InChI is InChI=1S/C17H13F3N2O2/c18-17(19,20)16(24,14-7-2-1-3-8-14)11-22-15(23)13-6-4-5-12(9-13)10-21/h1-9,24H,11H2,(H,22,23). The fourth-order valence-electron chi connectivity index (χ4n) is 2.12. The van der Waals surface area contributed by atoms with Gasteiger partial charge in [0.2, 0.25) is 5.60 Å². The van der Waals surface area contributed by atoms with Crippen LogP contribution in [0.3, 0.4) is 0 Å². The Morgan fingerprint density at radius 1 is 1.12 bits per heavy atom. The number of amides is 1. The zero-order valence-electron chi connectivity index (χ0n) is 12.3. The Hall–Kier alpha value is -2.85. The molecular formula is C17H13F3N2O2. The smallest absolute Gasteiger partial charge is 0.375 e. The average molecular weight is 334 g/mol. The van der Waals surface area contributed by atoms with Crippen molar-refractivity contribution in [2.75, 3.05) is 6.54 Å². The second kappa shape index (κ2) is 6.72. The van der Waals surface area contributed by atoms with E-state index < -0.39 is 24.2 Å². The minimum atomic E-state index is -4.98. The second-order valence-corrected chi connectivity index (χ2v) is 5.10. The molecule has 0 saturated heterocycles. The van der Waals surface area contributed by atoms with E-state index in [4.69, 9.17) is 5.26 Å². The van der Waals surface area contributed by atoms with Crippen LogP contribution in [0, 0.1) is 11.3 Å². The Bertz CT molecular complexity index is 769. The molecule has 7 heteroatoms. The summed E-state index contributed by atoms with van der Waals surface area (Å²) in [6.45, 7) is -1.05. The molecule has 0 bridgehead atoms. The van der Waals surface area contributed by atoms with Crippen molar-refractivity contribution >= 4 is 5.91 Å². The van der Waals surface area contributed by atoms with Crippen LogP contribution in [0.2, 0.25) is 0 Å². The molecule has 2 aromatic carbocycles. The number of carbonyl (C=O) groups excluding carboxylic acids is 1. The van der Waals surface area contributed by atoms with Crippen LogP contribution in [0.25, 0.3) is 0 Å². The number of rotatable bonds is 4. The minimum absolute atomic E-state index is 0.0339. The molecule has 0 aliphatic heterocycles. The van der Waals surface area contributed by atoms with Crippen molar-refractivity contribution in [3.05, 3.63) is 71.3 Å². The van der Waals surface area contributed by atoms with E-state index in [1.165, 1.54) is 42.5 Å². The second-order valence-electron chi connectivity index (χ2n) is 5.10. The molecule has 2 N–H and O–H groups in total. The van der Waals surface area contributed by atoms with Crippen LogP contribution < -0.4 is 5.32 Å². The van der Waals surface area contributed by atoms with Gasteiger partial charge in [0.05, 0.1) is 18.2 Å². The summed E-state index contributed by atoms with van der Waals surface area (Å²) in [4.78, 5) is 12.0. The van der Waals surface area contributed by atoms with Crippen LogP contribution in [-0.4, -0.2) is 23.7 Å². The third-order valence-corrected chi connectivity index (χ3v) is 3.48. The Morgan fingerprint density at radius 2 is 1.79 bits per heavy atom. The van der Waals surface area contributed by atoms with E-state index in [-0.39, 0.29) is 16.7 Å². The van der Waals surface area contributed by atoms with Gasteiger partial charge in [0.25, 0.3) is 5.91 Å². The summed E-state index contributed by atoms with van der Waals surface area (Å²) in [7, 11) is 0. The lowest BCUT2D eigenvalue weighted by molar-refractivity contribution is -0.263. The lowest BCUT2D eigenvalue weighted by Gasteiger charge is -2.31. The Kier molecular flexibility index (Phi) is 4.90. The van der Waals surface area contributed by atoms with Gasteiger partial charge >= 0.3 is 6.18 Å². The zero-order chi connectivity index (χ0) is 17.8. The number of nitrogens with zero attached hydrogens (tertiary/aromatic N) is 1. The molecule has 0 heterocycles. The van der Waals surface area contributed by atoms with Crippen LogP contribution >= 0.6 is 0 Å². The predicted molar refractivity (Wildman–Crippen MR) is 79.9 cm³/mol. The summed E-state index contributed by atoms with van der Waals surface area (Å²) in [5.41, 5.74) is -3.34. The van der Waals surface area contributed by atoms with Crippen molar-refractivity contribution in [1.82, 2.24) is 5.32 Å². The lowest BCUT2D eigenvalue weighted by atomic mass is 9.93. The molecular weight excluding hydrogens is 321 g/mol. The monoisotopic (exact) mass is 334 g/mol. The third-order valence-electron chi connectivity index (χ3n) is 3.48. The number of nitrogens with one attached hydrogen (secondary N) is 1. The topological polar surface area (TPSA) is 73.1 Å². The highest BCUT2D eigenvalue weighted by Crippen LogP contribution is 2.38. The molecule has 24 heavy (non-hydrogen) atoms. The minimum Gasteiger partial charge on any atom is -0.375 e. The normalized spacial score (nSPS) is 13.6. The van der Waals surface area contributed by atoms with E-state index in [2.05, 4.69) is 5.32 Å². The Balaban J connectivity index is 2.23. The zero-order valence-corrected chi connectivity index (χ0v) is 12.3. The first kappa shape index (κ1) is 17.5. The maximum absolute atomic E-state index is 13.3. The number of aliphatic hydroxyl groups is 1. The quantitative estimate of drug-likeness (QED) is 0.903. The molecule has 0 radical (unpaired) electrons. The van der Waals surface area contributed by atoms with Gasteiger partial charge < -0.3 is 10.4 Å². The van der Waals surface area contributed by atoms with Crippen molar-refractivity contribution in [2.45, 2.75) is 11.8 Å². The van der Waals surface area contributed by atoms with E-state index >= 15 is 0 Å². The Labute approximate surface area is 136 Å². The highest BCUT2D eigenvalue weighted by molar-refractivity contribution is 5.94. The van der Waals surface area contributed by atoms with Gasteiger partial charge in [-0.25, -0.2) is 0 Å². The van der Waals surface area contributed by atoms with Crippen LogP contribution in [0.1, 0.15) is 21.5 Å². The molecule has 4 nitrogen and oxygen atoms in total. The van der Waals surface area contributed by atoms with Gasteiger partial charge in [-0.1, -0.05) is 36.4 Å². The largest absolute Gasteiger partial charge is 0.423 e. The van der Waals surface area contributed by atoms with Gasteiger partial charge in [0, 0.05) is 5.56 Å². The highest BCUT2D eigenvalue weighted by Gasteiger charge is 2.55. The lowest BCUT2D eigenvalue weighted by Crippen LogP contribution is -2.51. The molecule has 0 fully saturated rings. The molecule has 0 aliphatic rings. The third kappa shape index (κ3) is 3.55. The van der Waals surface area contributed by atoms with Crippen molar-refractivity contribution in [3.8, 4) is 6.07 Å². The fourth-order valence-corrected chi connectivity index (χ4v) is 2.12. The number of benzene rings is 2. The van der Waals surface area contributed by atoms with E-state index in [0.717, 1.165) is 12.1 Å². The fraction of sp³-hybridized carbons (Fsp3) is 0.176. The molecule has 0 aromatic heterocycles. The molecule has 0 saturated carbocycles. The van der Waals surface area contributed by atoms with E-state index in [1.54, 1.807) is 0 Å². The number of alkyl halides is 3. The van der Waals surface area contributed by atoms with Crippen LogP contribution in [0.5, 0.6) is 0 Å². The summed E-state index contributed by atoms with van der Waals surface area (Å²) in [5.74, 6) is -0.814. The maximum Gasteiger partial charge on any atom is 0.423 e. The summed E-state index contributed by atoms with van der Waals surface area (Å²) in [5, 5.41) is 21.0. The van der Waals surface area contributed by atoms with Crippen LogP contribution in [0.4, 0.5) is 13.2 Å². The molecule has 2 aromatic rings. The summed E-state index contributed by atoms with van der Waals surface area (Å²) < 4.78 is 40.0. The first-order valence-electron chi connectivity index (χ1n) is 6.91.